The maximum Gasteiger partial charge on any atom is 0.416 e. The number of carbonyl (C=O) groups excluding carboxylic acids is 1. The molecule has 0 saturated carbocycles. The lowest BCUT2D eigenvalue weighted by atomic mass is 9.97. The highest BCUT2D eigenvalue weighted by Crippen LogP contribution is 2.42. The van der Waals surface area contributed by atoms with E-state index < -0.39 is 33.5 Å². The summed E-state index contributed by atoms with van der Waals surface area (Å²) in [5, 5.41) is 9.19. The van der Waals surface area contributed by atoms with E-state index in [2.05, 4.69) is 4.85 Å². The number of carbonyl (C=O) groups is 1. The van der Waals surface area contributed by atoms with E-state index in [1.54, 1.807) is 0 Å². The van der Waals surface area contributed by atoms with Gasteiger partial charge in [-0.25, -0.2) is 18.6 Å². The minimum Gasteiger partial charge on any atom is -0.325 e. The first-order chi connectivity index (χ1) is 15.3. The Morgan fingerprint density at radius 2 is 1.91 bits per heavy atom. The molecule has 2 aromatic rings. The van der Waals surface area contributed by atoms with Crippen LogP contribution in [0, 0.1) is 22.7 Å². The fourth-order valence-corrected chi connectivity index (χ4v) is 4.68. The van der Waals surface area contributed by atoms with Gasteiger partial charge in [0, 0.05) is 24.7 Å². The van der Waals surface area contributed by atoms with Crippen LogP contribution in [-0.4, -0.2) is 28.4 Å². The first-order valence-corrected chi connectivity index (χ1v) is 11.4. The van der Waals surface area contributed by atoms with Crippen LogP contribution in [0.2, 0.25) is 0 Å². The van der Waals surface area contributed by atoms with Gasteiger partial charge >= 0.3 is 12.2 Å². The fraction of sp³-hybridized carbons (Fsp3) is 0.227. The summed E-state index contributed by atoms with van der Waals surface area (Å²) in [6.07, 6.45) is -3.45. The van der Waals surface area contributed by atoms with Gasteiger partial charge < -0.3 is 4.90 Å². The lowest BCUT2D eigenvalue weighted by Crippen LogP contribution is -2.47. The Kier molecular flexibility index (Phi) is 5.96. The number of halogens is 3. The highest BCUT2D eigenvalue weighted by atomic mass is 32.2. The summed E-state index contributed by atoms with van der Waals surface area (Å²) < 4.78 is 60.3. The number of likely N-dealkylation sites (N-methyl/N-ethyl adjacent to an activating group) is 1. The number of alkyl halides is 3. The number of amides is 2. The van der Waals surface area contributed by atoms with E-state index in [1.807, 2.05) is 6.07 Å². The molecular weight excluding hydrogens is 455 g/mol. The van der Waals surface area contributed by atoms with Crippen molar-refractivity contribution in [1.82, 2.24) is 4.90 Å². The number of anilines is 1. The molecule has 3 rings (SSSR count). The van der Waals surface area contributed by atoms with Crippen molar-refractivity contribution in [2.24, 2.45) is 0 Å². The summed E-state index contributed by atoms with van der Waals surface area (Å²) in [5.74, 6) is 0. The van der Waals surface area contributed by atoms with Crippen LogP contribution in [0.15, 0.2) is 58.8 Å². The van der Waals surface area contributed by atoms with Crippen LogP contribution < -0.4 is 4.90 Å². The van der Waals surface area contributed by atoms with Crippen LogP contribution in [-0.2, 0) is 15.9 Å². The molecule has 2 atom stereocenters. The van der Waals surface area contributed by atoms with E-state index in [-0.39, 0.29) is 33.1 Å². The topological polar surface area (TPSA) is 92.6 Å². The molecular formula is C22H18F3N5O2S. The second-order valence-corrected chi connectivity index (χ2v) is 9.60. The molecule has 0 aliphatic carbocycles. The molecule has 0 bridgehead atoms. The molecule has 1 heterocycles. The van der Waals surface area contributed by atoms with Gasteiger partial charge in [0.2, 0.25) is 5.70 Å². The molecule has 1 N–H and O–H groups in total. The van der Waals surface area contributed by atoms with Gasteiger partial charge in [-0.2, -0.15) is 18.4 Å². The quantitative estimate of drug-likeness (QED) is 0.607. The van der Waals surface area contributed by atoms with Crippen molar-refractivity contribution in [2.75, 3.05) is 18.2 Å². The van der Waals surface area contributed by atoms with E-state index >= 15 is 0 Å². The Bertz CT molecular complexity index is 1370. The SMILES string of the molecule is [C-]#[N+]C1=C(C)N(c2cccc(C(F)(F)F)c2)C(=O)N(C)[C@@H]1c1ccc(C#N)cc1[S@@](C)(=N)=O. The summed E-state index contributed by atoms with van der Waals surface area (Å²) in [6.45, 7) is 9.16. The van der Waals surface area contributed by atoms with E-state index in [9.17, 15) is 27.4 Å². The predicted molar refractivity (Wildman–Crippen MR) is 115 cm³/mol. The molecule has 0 radical (unpaired) electrons. The third-order valence-electron chi connectivity index (χ3n) is 5.25. The van der Waals surface area contributed by atoms with Crippen molar-refractivity contribution in [2.45, 2.75) is 24.0 Å². The summed E-state index contributed by atoms with van der Waals surface area (Å²) in [6, 6.07) is 8.55. The number of nitrogens with one attached hydrogen (secondary N) is 1. The van der Waals surface area contributed by atoms with Gasteiger partial charge in [0.05, 0.1) is 44.4 Å². The van der Waals surface area contributed by atoms with Crippen LogP contribution in [0.1, 0.15) is 29.7 Å². The monoisotopic (exact) mass is 473 g/mol. The zero-order valence-electron chi connectivity index (χ0n) is 17.8. The first-order valence-electron chi connectivity index (χ1n) is 9.41. The highest BCUT2D eigenvalue weighted by Gasteiger charge is 2.40. The summed E-state index contributed by atoms with van der Waals surface area (Å²) in [7, 11) is -1.98. The molecule has 11 heteroatoms. The molecule has 7 nitrogen and oxygen atoms in total. The lowest BCUT2D eigenvalue weighted by Gasteiger charge is -2.40. The normalized spacial score (nSPS) is 18.5. The summed E-state index contributed by atoms with van der Waals surface area (Å²) in [4.78, 5) is 19.0. The van der Waals surface area contributed by atoms with Crippen molar-refractivity contribution in [1.29, 1.82) is 10.0 Å². The maximum absolute atomic E-state index is 13.3. The molecule has 0 saturated heterocycles. The zero-order valence-corrected chi connectivity index (χ0v) is 18.6. The Labute approximate surface area is 189 Å². The number of nitriles is 1. The van der Waals surface area contributed by atoms with Crippen LogP contribution >= 0.6 is 0 Å². The van der Waals surface area contributed by atoms with E-state index in [1.165, 1.54) is 50.6 Å². The van der Waals surface area contributed by atoms with Crippen molar-refractivity contribution < 1.29 is 22.2 Å². The highest BCUT2D eigenvalue weighted by molar-refractivity contribution is 7.91. The number of allylic oxidation sites excluding steroid dienone is 1. The van der Waals surface area contributed by atoms with E-state index in [0.717, 1.165) is 21.9 Å². The fourth-order valence-electron chi connectivity index (χ4n) is 3.70. The Morgan fingerprint density at radius 1 is 1.24 bits per heavy atom. The number of rotatable bonds is 3. The van der Waals surface area contributed by atoms with Crippen molar-refractivity contribution in [3.8, 4) is 6.07 Å². The average Bonchev–Trinajstić information content (AvgIpc) is 2.75. The molecule has 0 fully saturated rings. The lowest BCUT2D eigenvalue weighted by molar-refractivity contribution is -0.137. The first kappa shape index (κ1) is 23.8. The maximum atomic E-state index is 13.3. The Morgan fingerprint density at radius 3 is 2.45 bits per heavy atom. The second-order valence-electron chi connectivity index (χ2n) is 7.47. The molecule has 1 aliphatic heterocycles. The van der Waals surface area contributed by atoms with Gasteiger partial charge in [0.1, 0.15) is 0 Å². The van der Waals surface area contributed by atoms with Gasteiger partial charge in [0.15, 0.2) is 0 Å². The van der Waals surface area contributed by atoms with Crippen LogP contribution in [0.3, 0.4) is 0 Å². The largest absolute Gasteiger partial charge is 0.416 e. The molecule has 0 aromatic heterocycles. The molecule has 170 valence electrons. The molecule has 2 aromatic carbocycles. The molecule has 0 spiro atoms. The van der Waals surface area contributed by atoms with E-state index in [0.29, 0.717) is 0 Å². The van der Waals surface area contributed by atoms with Gasteiger partial charge in [-0.15, -0.1) is 0 Å². The van der Waals surface area contributed by atoms with E-state index in [4.69, 9.17) is 11.4 Å². The van der Waals surface area contributed by atoms with Gasteiger partial charge in [-0.1, -0.05) is 12.1 Å². The van der Waals surface area contributed by atoms with Crippen molar-refractivity contribution >= 4 is 21.4 Å². The number of urea groups is 1. The van der Waals surface area contributed by atoms with Crippen molar-refractivity contribution in [3.63, 3.8) is 0 Å². The number of hydrogen-bond donors (Lipinski definition) is 1. The third-order valence-corrected chi connectivity index (χ3v) is 6.45. The van der Waals surface area contributed by atoms with Crippen LogP contribution in [0.5, 0.6) is 0 Å². The van der Waals surface area contributed by atoms with Gasteiger partial charge in [0.25, 0.3) is 0 Å². The zero-order chi connectivity index (χ0) is 24.7. The van der Waals surface area contributed by atoms with Crippen LogP contribution in [0.4, 0.5) is 23.7 Å². The minimum atomic E-state index is -4.61. The van der Waals surface area contributed by atoms with Crippen LogP contribution in [0.25, 0.3) is 4.85 Å². The predicted octanol–water partition coefficient (Wildman–Crippen LogP) is 5.38. The summed E-state index contributed by atoms with van der Waals surface area (Å²) >= 11 is 0. The Balaban J connectivity index is 2.25. The Hall–Kier alpha value is -3.83. The number of hydrogen-bond acceptors (Lipinski definition) is 4. The number of nitrogens with zero attached hydrogens (tertiary/aromatic N) is 4. The molecule has 1 aliphatic rings. The minimum absolute atomic E-state index is 0.00710. The van der Waals surface area contributed by atoms with Gasteiger partial charge in [-0.05, 0) is 42.8 Å². The molecule has 33 heavy (non-hydrogen) atoms. The second kappa shape index (κ2) is 8.26. The number of benzene rings is 2. The average molecular weight is 473 g/mol. The molecule has 0 unspecified atom stereocenters. The molecule has 2 amide bonds. The standard InChI is InChI=1S/C22H18F3N5O2S/c1-13-19(28-2)20(17-9-8-14(12-26)10-18(17)33(4,27)32)29(3)21(31)30(13)16-7-5-6-15(11-16)22(23,24)25/h5-11,20,27H,1,3-4H3/t20-,33+/m1/s1. The van der Waals surface area contributed by atoms with Crippen molar-refractivity contribution in [3.05, 3.63) is 82.0 Å². The third kappa shape index (κ3) is 4.28. The van der Waals surface area contributed by atoms with Gasteiger partial charge in [-0.3, -0.25) is 4.90 Å². The smallest absolute Gasteiger partial charge is 0.325 e. The summed E-state index contributed by atoms with van der Waals surface area (Å²) in [5.41, 5.74) is -0.468.